The SMILES string of the molecule is CCC(C)c1cc(I)c(OC(=O)c2cccc(O)c2C(=O)O)c(OC)c1. The fraction of sp³-hybridized carbons (Fsp3) is 0.263. The molecule has 2 N–H and O–H groups in total. The lowest BCUT2D eigenvalue weighted by molar-refractivity contribution is 0.0662. The van der Waals surface area contributed by atoms with Crippen molar-refractivity contribution in [2.24, 2.45) is 0 Å². The minimum absolute atomic E-state index is 0.213. The number of aromatic carboxylic acids is 1. The van der Waals surface area contributed by atoms with Gasteiger partial charge in [0, 0.05) is 0 Å². The van der Waals surface area contributed by atoms with Crippen LogP contribution in [0.25, 0.3) is 0 Å². The lowest BCUT2D eigenvalue weighted by Gasteiger charge is -2.16. The highest BCUT2D eigenvalue weighted by Gasteiger charge is 2.24. The van der Waals surface area contributed by atoms with E-state index in [-0.39, 0.29) is 11.3 Å². The summed E-state index contributed by atoms with van der Waals surface area (Å²) in [4.78, 5) is 23.9. The van der Waals surface area contributed by atoms with Crippen molar-refractivity contribution in [3.63, 3.8) is 0 Å². The average molecular weight is 470 g/mol. The van der Waals surface area contributed by atoms with E-state index in [9.17, 15) is 19.8 Å². The molecule has 6 nitrogen and oxygen atoms in total. The molecule has 0 aromatic heterocycles. The van der Waals surface area contributed by atoms with Crippen molar-refractivity contribution >= 4 is 34.5 Å². The number of carbonyl (C=O) groups is 2. The first-order valence-corrected chi connectivity index (χ1v) is 9.02. The van der Waals surface area contributed by atoms with Gasteiger partial charge in [-0.25, -0.2) is 9.59 Å². The highest BCUT2D eigenvalue weighted by Crippen LogP contribution is 2.37. The summed E-state index contributed by atoms with van der Waals surface area (Å²) in [6, 6.07) is 7.58. The van der Waals surface area contributed by atoms with Gasteiger partial charge < -0.3 is 19.7 Å². The molecule has 26 heavy (non-hydrogen) atoms. The van der Waals surface area contributed by atoms with Gasteiger partial charge in [-0.15, -0.1) is 0 Å². The van der Waals surface area contributed by atoms with Crippen molar-refractivity contribution in [2.75, 3.05) is 7.11 Å². The van der Waals surface area contributed by atoms with Crippen LogP contribution in [0.15, 0.2) is 30.3 Å². The molecule has 0 amide bonds. The molecule has 0 heterocycles. The molecular formula is C19H19IO6. The van der Waals surface area contributed by atoms with Crippen LogP contribution in [-0.2, 0) is 0 Å². The molecule has 7 heteroatoms. The number of benzene rings is 2. The molecule has 2 rings (SSSR count). The zero-order valence-electron chi connectivity index (χ0n) is 14.6. The predicted molar refractivity (Wildman–Crippen MR) is 104 cm³/mol. The van der Waals surface area contributed by atoms with Crippen LogP contribution in [0.2, 0.25) is 0 Å². The Morgan fingerprint density at radius 1 is 1.27 bits per heavy atom. The van der Waals surface area contributed by atoms with Crippen LogP contribution in [-0.4, -0.2) is 29.3 Å². The molecule has 0 aliphatic rings. The van der Waals surface area contributed by atoms with Crippen LogP contribution >= 0.6 is 22.6 Å². The molecule has 0 radical (unpaired) electrons. The third kappa shape index (κ3) is 4.09. The molecule has 0 aliphatic heterocycles. The van der Waals surface area contributed by atoms with Gasteiger partial charge in [-0.05, 0) is 64.8 Å². The van der Waals surface area contributed by atoms with E-state index in [0.717, 1.165) is 12.0 Å². The Morgan fingerprint density at radius 3 is 2.54 bits per heavy atom. The normalized spacial score (nSPS) is 11.7. The molecule has 0 saturated heterocycles. The van der Waals surface area contributed by atoms with Crippen LogP contribution in [0.1, 0.15) is 52.5 Å². The summed E-state index contributed by atoms with van der Waals surface area (Å²) in [7, 11) is 1.47. The van der Waals surface area contributed by atoms with Crippen LogP contribution in [0, 0.1) is 3.57 Å². The van der Waals surface area contributed by atoms with Gasteiger partial charge >= 0.3 is 11.9 Å². The second-order valence-electron chi connectivity index (χ2n) is 5.74. The molecule has 2 aromatic carbocycles. The molecule has 0 bridgehead atoms. The number of methoxy groups -OCH3 is 1. The third-order valence-electron chi connectivity index (χ3n) is 4.10. The number of carbonyl (C=O) groups excluding carboxylic acids is 1. The van der Waals surface area contributed by atoms with Crippen LogP contribution in [0.3, 0.4) is 0 Å². The zero-order valence-corrected chi connectivity index (χ0v) is 16.7. The first kappa shape index (κ1) is 20.0. The molecule has 2 aromatic rings. The molecule has 0 saturated carbocycles. The number of halogens is 1. The Labute approximate surface area is 164 Å². The average Bonchev–Trinajstić information content (AvgIpc) is 2.61. The molecule has 0 fully saturated rings. The second kappa shape index (κ2) is 8.39. The summed E-state index contributed by atoms with van der Waals surface area (Å²) < 4.78 is 11.4. The summed E-state index contributed by atoms with van der Waals surface area (Å²) in [6.07, 6.45) is 0.948. The van der Waals surface area contributed by atoms with Crippen molar-refractivity contribution in [1.82, 2.24) is 0 Å². The number of hydrogen-bond donors (Lipinski definition) is 2. The topological polar surface area (TPSA) is 93.1 Å². The molecule has 0 spiro atoms. The fourth-order valence-corrected chi connectivity index (χ4v) is 3.18. The van der Waals surface area contributed by atoms with Gasteiger partial charge in [0.2, 0.25) is 0 Å². The van der Waals surface area contributed by atoms with Gasteiger partial charge in [0.15, 0.2) is 11.5 Å². The van der Waals surface area contributed by atoms with E-state index in [1.54, 1.807) is 6.07 Å². The van der Waals surface area contributed by atoms with E-state index >= 15 is 0 Å². The molecule has 1 atom stereocenters. The van der Waals surface area contributed by atoms with E-state index < -0.39 is 23.3 Å². The minimum Gasteiger partial charge on any atom is -0.507 e. The number of hydrogen-bond acceptors (Lipinski definition) is 5. The van der Waals surface area contributed by atoms with E-state index in [0.29, 0.717) is 15.2 Å². The van der Waals surface area contributed by atoms with Gasteiger partial charge in [-0.2, -0.15) is 0 Å². The summed E-state index contributed by atoms with van der Waals surface area (Å²) in [5.74, 6) is -1.88. The number of aromatic hydroxyl groups is 1. The molecular weight excluding hydrogens is 451 g/mol. The maximum Gasteiger partial charge on any atom is 0.344 e. The van der Waals surface area contributed by atoms with Crippen LogP contribution in [0.4, 0.5) is 0 Å². The number of ether oxygens (including phenoxy) is 2. The monoisotopic (exact) mass is 470 g/mol. The van der Waals surface area contributed by atoms with E-state index in [2.05, 4.69) is 13.8 Å². The number of esters is 1. The summed E-state index contributed by atoms with van der Waals surface area (Å²) in [6.45, 7) is 4.16. The largest absolute Gasteiger partial charge is 0.507 e. The van der Waals surface area contributed by atoms with E-state index in [1.807, 2.05) is 28.7 Å². The van der Waals surface area contributed by atoms with Crippen molar-refractivity contribution < 1.29 is 29.3 Å². The van der Waals surface area contributed by atoms with Gasteiger partial charge in [-0.3, -0.25) is 0 Å². The molecule has 0 aliphatic carbocycles. The maximum atomic E-state index is 12.5. The Hall–Kier alpha value is -2.29. The quantitative estimate of drug-likeness (QED) is 0.369. The van der Waals surface area contributed by atoms with Crippen LogP contribution < -0.4 is 9.47 Å². The van der Waals surface area contributed by atoms with Crippen molar-refractivity contribution in [1.29, 1.82) is 0 Å². The van der Waals surface area contributed by atoms with Crippen molar-refractivity contribution in [3.8, 4) is 17.2 Å². The Kier molecular flexibility index (Phi) is 6.47. The number of carboxylic acids is 1. The number of rotatable bonds is 6. The third-order valence-corrected chi connectivity index (χ3v) is 4.91. The minimum atomic E-state index is -1.41. The van der Waals surface area contributed by atoms with Crippen molar-refractivity contribution in [3.05, 3.63) is 50.6 Å². The fourth-order valence-electron chi connectivity index (χ4n) is 2.44. The highest BCUT2D eigenvalue weighted by molar-refractivity contribution is 14.1. The van der Waals surface area contributed by atoms with Crippen LogP contribution in [0.5, 0.6) is 17.2 Å². The summed E-state index contributed by atoms with van der Waals surface area (Å²) in [5, 5.41) is 19.0. The zero-order chi connectivity index (χ0) is 19.4. The summed E-state index contributed by atoms with van der Waals surface area (Å²) >= 11 is 2.04. The standard InChI is InChI=1S/C19H19IO6/c1-4-10(2)11-8-13(20)17(15(9-11)25-3)26-19(24)12-6-5-7-14(21)16(12)18(22)23/h5-10,21H,4H2,1-3H3,(H,22,23). The Balaban J connectivity index is 2.45. The Bertz CT molecular complexity index is 846. The smallest absolute Gasteiger partial charge is 0.344 e. The number of phenols is 1. The summed E-state index contributed by atoms with van der Waals surface area (Å²) in [5.41, 5.74) is 0.321. The van der Waals surface area contributed by atoms with Gasteiger partial charge in [0.1, 0.15) is 11.3 Å². The first-order valence-electron chi connectivity index (χ1n) is 7.95. The van der Waals surface area contributed by atoms with Gasteiger partial charge in [0.05, 0.1) is 16.2 Å². The number of carboxylic acid groups (broad SMARTS) is 1. The molecule has 1 unspecified atom stereocenters. The highest BCUT2D eigenvalue weighted by atomic mass is 127. The first-order chi connectivity index (χ1) is 12.3. The van der Waals surface area contributed by atoms with Gasteiger partial charge in [0.25, 0.3) is 0 Å². The molecule has 138 valence electrons. The van der Waals surface area contributed by atoms with E-state index in [1.165, 1.54) is 25.3 Å². The lowest BCUT2D eigenvalue weighted by atomic mass is 9.98. The van der Waals surface area contributed by atoms with Gasteiger partial charge in [-0.1, -0.05) is 19.9 Å². The van der Waals surface area contributed by atoms with Crippen molar-refractivity contribution in [2.45, 2.75) is 26.2 Å². The van der Waals surface area contributed by atoms with E-state index in [4.69, 9.17) is 9.47 Å². The predicted octanol–water partition coefficient (Wildman–Crippen LogP) is 4.44. The lowest BCUT2D eigenvalue weighted by Crippen LogP contribution is -2.15. The Morgan fingerprint density at radius 2 is 1.96 bits per heavy atom. The maximum absolute atomic E-state index is 12.5. The second-order valence-corrected chi connectivity index (χ2v) is 6.90.